The van der Waals surface area contributed by atoms with Crippen LogP contribution in [0.15, 0.2) is 12.3 Å². The number of hydrogen-bond acceptors (Lipinski definition) is 4. The average Bonchev–Trinajstić information content (AvgIpc) is 2.96. The Kier molecular flexibility index (Phi) is 5.94. The van der Waals surface area contributed by atoms with Crippen LogP contribution in [0.25, 0.3) is 11.0 Å². The van der Waals surface area contributed by atoms with Gasteiger partial charge in [-0.1, -0.05) is 26.7 Å². The lowest BCUT2D eigenvalue weighted by Crippen LogP contribution is -2.36. The maximum atomic E-state index is 12.6. The Morgan fingerprint density at radius 1 is 1.33 bits per heavy atom. The lowest BCUT2D eigenvalue weighted by atomic mass is 9.96. The van der Waals surface area contributed by atoms with Crippen molar-refractivity contribution in [3.05, 3.63) is 23.5 Å². The second kappa shape index (κ2) is 7.75. The monoisotopic (exact) mass is 332 g/mol. The molecule has 6 heteroatoms. The van der Waals surface area contributed by atoms with Gasteiger partial charge in [0.05, 0.1) is 23.3 Å². The molecule has 0 spiro atoms. The molecule has 132 valence electrons. The molecular formula is C18H28N4O2. The third-order valence-corrected chi connectivity index (χ3v) is 4.49. The van der Waals surface area contributed by atoms with Crippen LogP contribution < -0.4 is 5.32 Å². The lowest BCUT2D eigenvalue weighted by Gasteiger charge is -2.20. The number of hydrogen-bond donors (Lipinski definition) is 2. The van der Waals surface area contributed by atoms with E-state index < -0.39 is 6.10 Å². The Bertz CT molecular complexity index is 704. The SMILES string of the molecule is CCC(CC)C(O)CNC(=O)c1cc(C)nc2c1cnn2C(C)C. The van der Waals surface area contributed by atoms with E-state index in [1.54, 1.807) is 12.3 Å². The molecule has 1 unspecified atom stereocenters. The van der Waals surface area contributed by atoms with Crippen LogP contribution in [0, 0.1) is 12.8 Å². The topological polar surface area (TPSA) is 80.0 Å². The first-order valence-electron chi connectivity index (χ1n) is 8.70. The van der Waals surface area contributed by atoms with E-state index in [1.165, 1.54) is 0 Å². The summed E-state index contributed by atoms with van der Waals surface area (Å²) in [6, 6.07) is 1.94. The Balaban J connectivity index is 2.23. The van der Waals surface area contributed by atoms with Crippen LogP contribution in [0.5, 0.6) is 0 Å². The van der Waals surface area contributed by atoms with Crippen molar-refractivity contribution in [3.63, 3.8) is 0 Å². The van der Waals surface area contributed by atoms with E-state index in [1.807, 2.05) is 25.5 Å². The van der Waals surface area contributed by atoms with Crippen molar-refractivity contribution in [2.45, 2.75) is 59.6 Å². The number of carbonyl (C=O) groups is 1. The molecule has 6 nitrogen and oxygen atoms in total. The minimum Gasteiger partial charge on any atom is -0.391 e. The quantitative estimate of drug-likeness (QED) is 0.817. The molecule has 0 saturated heterocycles. The minimum absolute atomic E-state index is 0.171. The van der Waals surface area contributed by atoms with E-state index >= 15 is 0 Å². The molecule has 2 N–H and O–H groups in total. The van der Waals surface area contributed by atoms with Gasteiger partial charge in [-0.2, -0.15) is 5.10 Å². The zero-order valence-corrected chi connectivity index (χ0v) is 15.2. The molecule has 2 aromatic heterocycles. The van der Waals surface area contributed by atoms with Gasteiger partial charge in [0.1, 0.15) is 0 Å². The smallest absolute Gasteiger partial charge is 0.252 e. The maximum absolute atomic E-state index is 12.6. The van der Waals surface area contributed by atoms with Crippen LogP contribution >= 0.6 is 0 Å². The van der Waals surface area contributed by atoms with Gasteiger partial charge in [0, 0.05) is 18.3 Å². The molecule has 0 radical (unpaired) electrons. The van der Waals surface area contributed by atoms with Gasteiger partial charge in [-0.15, -0.1) is 0 Å². The summed E-state index contributed by atoms with van der Waals surface area (Å²) in [5.74, 6) is 0.00648. The van der Waals surface area contributed by atoms with Crippen LogP contribution in [0.4, 0.5) is 0 Å². The summed E-state index contributed by atoms with van der Waals surface area (Å²) >= 11 is 0. The standard InChI is InChI=1S/C18H28N4O2/c1-6-13(7-2)16(23)10-19-18(24)14-8-12(5)21-17-15(14)9-20-22(17)11(3)4/h8-9,11,13,16,23H,6-7,10H2,1-5H3,(H,19,24). The highest BCUT2D eigenvalue weighted by molar-refractivity contribution is 6.05. The summed E-state index contributed by atoms with van der Waals surface area (Å²) in [4.78, 5) is 17.1. The maximum Gasteiger partial charge on any atom is 0.252 e. The van der Waals surface area contributed by atoms with Crippen molar-refractivity contribution in [2.75, 3.05) is 6.54 Å². The summed E-state index contributed by atoms with van der Waals surface area (Å²) in [5.41, 5.74) is 2.05. The van der Waals surface area contributed by atoms with Crippen molar-refractivity contribution in [2.24, 2.45) is 5.92 Å². The molecule has 0 saturated carbocycles. The number of aryl methyl sites for hydroxylation is 1. The number of aromatic nitrogens is 3. The summed E-state index contributed by atoms with van der Waals surface area (Å²) in [7, 11) is 0. The van der Waals surface area contributed by atoms with Gasteiger partial charge in [0.2, 0.25) is 0 Å². The van der Waals surface area contributed by atoms with Crippen LogP contribution in [0.3, 0.4) is 0 Å². The fourth-order valence-electron chi connectivity index (χ4n) is 3.00. The summed E-state index contributed by atoms with van der Waals surface area (Å²) in [5, 5.41) is 18.2. The van der Waals surface area contributed by atoms with Crippen molar-refractivity contribution in [1.29, 1.82) is 0 Å². The second-order valence-corrected chi connectivity index (χ2v) is 6.59. The van der Waals surface area contributed by atoms with E-state index in [-0.39, 0.29) is 24.4 Å². The van der Waals surface area contributed by atoms with Gasteiger partial charge in [0.15, 0.2) is 5.65 Å². The first kappa shape index (κ1) is 18.4. The number of pyridine rings is 1. The van der Waals surface area contributed by atoms with Crippen molar-refractivity contribution >= 4 is 16.9 Å². The molecule has 24 heavy (non-hydrogen) atoms. The zero-order chi connectivity index (χ0) is 17.9. The number of nitrogens with one attached hydrogen (secondary N) is 1. The van der Waals surface area contributed by atoms with E-state index in [2.05, 4.69) is 29.2 Å². The molecule has 0 aliphatic carbocycles. The molecule has 0 aromatic carbocycles. The van der Waals surface area contributed by atoms with E-state index in [0.29, 0.717) is 5.56 Å². The molecule has 2 rings (SSSR count). The molecule has 0 aliphatic rings. The molecular weight excluding hydrogens is 304 g/mol. The molecule has 0 aliphatic heterocycles. The van der Waals surface area contributed by atoms with Crippen molar-refractivity contribution in [1.82, 2.24) is 20.1 Å². The third-order valence-electron chi connectivity index (χ3n) is 4.49. The minimum atomic E-state index is -0.527. The molecule has 2 aromatic rings. The van der Waals surface area contributed by atoms with E-state index in [9.17, 15) is 9.90 Å². The first-order valence-corrected chi connectivity index (χ1v) is 8.70. The summed E-state index contributed by atoms with van der Waals surface area (Å²) in [6.07, 6.45) is 2.95. The normalized spacial score (nSPS) is 13.0. The van der Waals surface area contributed by atoms with Crippen LogP contribution in [0.2, 0.25) is 0 Å². The average molecular weight is 332 g/mol. The van der Waals surface area contributed by atoms with Gasteiger partial charge in [-0.25, -0.2) is 9.67 Å². The molecule has 2 heterocycles. The lowest BCUT2D eigenvalue weighted by molar-refractivity contribution is 0.0818. The summed E-state index contributed by atoms with van der Waals surface area (Å²) in [6.45, 7) is 10.3. The van der Waals surface area contributed by atoms with Crippen LogP contribution in [-0.2, 0) is 0 Å². The van der Waals surface area contributed by atoms with Gasteiger partial charge in [-0.3, -0.25) is 4.79 Å². The van der Waals surface area contributed by atoms with Crippen molar-refractivity contribution in [3.8, 4) is 0 Å². The van der Waals surface area contributed by atoms with Gasteiger partial charge < -0.3 is 10.4 Å². The fraction of sp³-hybridized carbons (Fsp3) is 0.611. The number of aliphatic hydroxyl groups excluding tert-OH is 1. The van der Waals surface area contributed by atoms with Crippen molar-refractivity contribution < 1.29 is 9.90 Å². The Labute approximate surface area is 143 Å². The van der Waals surface area contributed by atoms with Gasteiger partial charge >= 0.3 is 0 Å². The number of fused-ring (bicyclic) bond motifs is 1. The molecule has 0 fully saturated rings. The Morgan fingerprint density at radius 2 is 2.00 bits per heavy atom. The largest absolute Gasteiger partial charge is 0.391 e. The number of rotatable bonds is 7. The highest BCUT2D eigenvalue weighted by Crippen LogP contribution is 2.21. The third kappa shape index (κ3) is 3.75. The number of amides is 1. The highest BCUT2D eigenvalue weighted by Gasteiger charge is 2.19. The predicted octanol–water partition coefficient (Wildman–Crippen LogP) is 2.85. The van der Waals surface area contributed by atoms with E-state index in [4.69, 9.17) is 0 Å². The molecule has 1 atom stereocenters. The molecule has 1 amide bonds. The second-order valence-electron chi connectivity index (χ2n) is 6.59. The zero-order valence-electron chi connectivity index (χ0n) is 15.2. The van der Waals surface area contributed by atoms with Gasteiger partial charge in [-0.05, 0) is 32.8 Å². The van der Waals surface area contributed by atoms with Crippen LogP contribution in [-0.4, -0.2) is 38.4 Å². The highest BCUT2D eigenvalue weighted by atomic mass is 16.3. The van der Waals surface area contributed by atoms with Gasteiger partial charge in [0.25, 0.3) is 5.91 Å². The van der Waals surface area contributed by atoms with Crippen LogP contribution in [0.1, 0.15) is 62.6 Å². The predicted molar refractivity (Wildman–Crippen MR) is 95.1 cm³/mol. The Hall–Kier alpha value is -1.95. The fourth-order valence-corrected chi connectivity index (χ4v) is 3.00. The Morgan fingerprint density at radius 3 is 2.58 bits per heavy atom. The number of carbonyl (C=O) groups excluding carboxylic acids is 1. The van der Waals surface area contributed by atoms with E-state index in [0.717, 1.165) is 29.6 Å². The molecule has 0 bridgehead atoms. The number of aliphatic hydroxyl groups is 1. The first-order chi connectivity index (χ1) is 11.4. The summed E-state index contributed by atoms with van der Waals surface area (Å²) < 4.78 is 1.82. The number of nitrogens with zero attached hydrogens (tertiary/aromatic N) is 3.